The summed E-state index contributed by atoms with van der Waals surface area (Å²) in [5, 5.41) is 10.9. The molecule has 0 radical (unpaired) electrons. The quantitative estimate of drug-likeness (QED) is 0.884. The van der Waals surface area contributed by atoms with E-state index in [4.69, 9.17) is 0 Å². The maximum atomic E-state index is 12.1. The van der Waals surface area contributed by atoms with Gasteiger partial charge in [-0.25, -0.2) is 0 Å². The van der Waals surface area contributed by atoms with Crippen LogP contribution < -0.4 is 5.32 Å². The van der Waals surface area contributed by atoms with Crippen LogP contribution in [0.3, 0.4) is 0 Å². The number of amides is 1. The Bertz CT molecular complexity index is 570. The third-order valence-corrected chi connectivity index (χ3v) is 4.00. The van der Waals surface area contributed by atoms with Gasteiger partial charge in [-0.05, 0) is 18.4 Å². The van der Waals surface area contributed by atoms with E-state index in [0.29, 0.717) is 5.69 Å². The summed E-state index contributed by atoms with van der Waals surface area (Å²) in [7, 11) is 0. The van der Waals surface area contributed by atoms with Crippen LogP contribution in [0.4, 0.5) is 0 Å². The van der Waals surface area contributed by atoms with Crippen LogP contribution in [-0.4, -0.2) is 22.6 Å². The van der Waals surface area contributed by atoms with Gasteiger partial charge in [-0.2, -0.15) is 5.10 Å². The van der Waals surface area contributed by atoms with Gasteiger partial charge in [0.05, 0.1) is 5.52 Å². The highest BCUT2D eigenvalue weighted by molar-refractivity contribution is 6.04. The molecule has 0 atom stereocenters. The lowest BCUT2D eigenvalue weighted by molar-refractivity contribution is 0.0948. The van der Waals surface area contributed by atoms with Crippen LogP contribution in [0.5, 0.6) is 0 Å². The minimum absolute atomic E-state index is 0.0737. The van der Waals surface area contributed by atoms with E-state index in [1.165, 1.54) is 25.7 Å². The molecule has 1 aliphatic carbocycles. The number of benzene rings is 1. The second-order valence-corrected chi connectivity index (χ2v) is 5.31. The van der Waals surface area contributed by atoms with Gasteiger partial charge in [-0.15, -0.1) is 0 Å². The van der Waals surface area contributed by atoms with Gasteiger partial charge < -0.3 is 5.32 Å². The summed E-state index contributed by atoms with van der Waals surface area (Å²) in [6.45, 7) is 0.755. The van der Waals surface area contributed by atoms with Gasteiger partial charge in [-0.3, -0.25) is 9.89 Å². The summed E-state index contributed by atoms with van der Waals surface area (Å²) < 4.78 is 0. The number of H-pyrrole nitrogens is 1. The SMILES string of the molecule is O=C(NCCC1CCCC1)c1n[nH]c2ccccc12. The first-order valence-corrected chi connectivity index (χ1v) is 7.06. The second-order valence-electron chi connectivity index (χ2n) is 5.31. The standard InChI is InChI=1S/C15H19N3O/c19-15(16-10-9-11-5-1-2-6-11)14-12-7-3-4-8-13(12)17-18-14/h3-4,7-8,11H,1-2,5-6,9-10H2,(H,16,19)(H,17,18). The molecular formula is C15H19N3O. The Hall–Kier alpha value is -1.84. The van der Waals surface area contributed by atoms with Gasteiger partial charge in [0.15, 0.2) is 5.69 Å². The summed E-state index contributed by atoms with van der Waals surface area (Å²) in [5.41, 5.74) is 1.41. The second kappa shape index (κ2) is 5.43. The minimum atomic E-state index is -0.0737. The van der Waals surface area contributed by atoms with Crippen molar-refractivity contribution in [1.29, 1.82) is 0 Å². The van der Waals surface area contributed by atoms with E-state index < -0.39 is 0 Å². The van der Waals surface area contributed by atoms with E-state index in [2.05, 4.69) is 15.5 Å². The number of para-hydroxylation sites is 1. The first-order valence-electron chi connectivity index (χ1n) is 7.06. The van der Waals surface area contributed by atoms with E-state index in [1.54, 1.807) is 0 Å². The average molecular weight is 257 g/mol. The molecule has 1 aromatic carbocycles. The molecule has 0 bridgehead atoms. The molecule has 0 spiro atoms. The minimum Gasteiger partial charge on any atom is -0.351 e. The van der Waals surface area contributed by atoms with Crippen molar-refractivity contribution in [3.05, 3.63) is 30.0 Å². The summed E-state index contributed by atoms with van der Waals surface area (Å²) >= 11 is 0. The summed E-state index contributed by atoms with van der Waals surface area (Å²) in [6.07, 6.45) is 6.43. The number of aromatic nitrogens is 2. The van der Waals surface area contributed by atoms with Crippen molar-refractivity contribution in [3.63, 3.8) is 0 Å². The highest BCUT2D eigenvalue weighted by atomic mass is 16.1. The predicted octanol–water partition coefficient (Wildman–Crippen LogP) is 2.87. The zero-order valence-electron chi connectivity index (χ0n) is 11.0. The fourth-order valence-corrected chi connectivity index (χ4v) is 2.91. The number of rotatable bonds is 4. The first kappa shape index (κ1) is 12.2. The average Bonchev–Trinajstić information content (AvgIpc) is 3.07. The zero-order valence-corrected chi connectivity index (χ0v) is 11.0. The molecule has 1 heterocycles. The first-order chi connectivity index (χ1) is 9.34. The van der Waals surface area contributed by atoms with E-state index in [0.717, 1.165) is 29.8 Å². The molecule has 0 unspecified atom stereocenters. The maximum Gasteiger partial charge on any atom is 0.272 e. The number of hydrogen-bond acceptors (Lipinski definition) is 2. The lowest BCUT2D eigenvalue weighted by Gasteiger charge is -2.08. The van der Waals surface area contributed by atoms with Crippen LogP contribution in [0.25, 0.3) is 10.9 Å². The molecule has 19 heavy (non-hydrogen) atoms. The Kier molecular flexibility index (Phi) is 3.49. The largest absolute Gasteiger partial charge is 0.351 e. The van der Waals surface area contributed by atoms with Crippen LogP contribution in [0.15, 0.2) is 24.3 Å². The van der Waals surface area contributed by atoms with Gasteiger partial charge in [0.1, 0.15) is 0 Å². The van der Waals surface area contributed by atoms with E-state index in [1.807, 2.05) is 24.3 Å². The van der Waals surface area contributed by atoms with Crippen LogP contribution in [0.1, 0.15) is 42.6 Å². The van der Waals surface area contributed by atoms with Crippen LogP contribution in [0, 0.1) is 5.92 Å². The van der Waals surface area contributed by atoms with Gasteiger partial charge in [0, 0.05) is 11.9 Å². The van der Waals surface area contributed by atoms with Gasteiger partial charge in [0.2, 0.25) is 0 Å². The topological polar surface area (TPSA) is 57.8 Å². The Morgan fingerprint density at radius 3 is 2.95 bits per heavy atom. The maximum absolute atomic E-state index is 12.1. The summed E-state index contributed by atoms with van der Waals surface area (Å²) in [5.74, 6) is 0.728. The van der Waals surface area contributed by atoms with E-state index in [-0.39, 0.29) is 5.91 Å². The lowest BCUT2D eigenvalue weighted by Crippen LogP contribution is -2.26. The number of nitrogens with one attached hydrogen (secondary N) is 2. The van der Waals surface area contributed by atoms with E-state index >= 15 is 0 Å². The Balaban J connectivity index is 1.60. The molecule has 0 aliphatic heterocycles. The van der Waals surface area contributed by atoms with Crippen molar-refractivity contribution in [2.75, 3.05) is 6.54 Å². The van der Waals surface area contributed by atoms with Crippen molar-refractivity contribution >= 4 is 16.8 Å². The number of carbonyl (C=O) groups is 1. The van der Waals surface area contributed by atoms with Gasteiger partial charge >= 0.3 is 0 Å². The van der Waals surface area contributed by atoms with Crippen molar-refractivity contribution in [3.8, 4) is 0 Å². The Morgan fingerprint density at radius 2 is 2.11 bits per heavy atom. The number of fused-ring (bicyclic) bond motifs is 1. The normalized spacial score (nSPS) is 16.0. The zero-order chi connectivity index (χ0) is 13.1. The third-order valence-electron chi connectivity index (χ3n) is 4.00. The molecular weight excluding hydrogens is 238 g/mol. The summed E-state index contributed by atoms with van der Waals surface area (Å²) in [4.78, 5) is 12.1. The van der Waals surface area contributed by atoms with Gasteiger partial charge in [0.25, 0.3) is 5.91 Å². The lowest BCUT2D eigenvalue weighted by atomic mass is 10.0. The van der Waals surface area contributed by atoms with Crippen molar-refractivity contribution in [1.82, 2.24) is 15.5 Å². The number of carbonyl (C=O) groups excluding carboxylic acids is 1. The van der Waals surface area contributed by atoms with Crippen molar-refractivity contribution in [2.45, 2.75) is 32.1 Å². The van der Waals surface area contributed by atoms with E-state index in [9.17, 15) is 4.79 Å². The van der Waals surface area contributed by atoms with Crippen molar-refractivity contribution in [2.24, 2.45) is 5.92 Å². The smallest absolute Gasteiger partial charge is 0.272 e. The molecule has 1 aliphatic rings. The highest BCUT2D eigenvalue weighted by Crippen LogP contribution is 2.26. The number of nitrogens with zero attached hydrogens (tertiary/aromatic N) is 1. The molecule has 100 valence electrons. The molecule has 3 rings (SSSR count). The fraction of sp³-hybridized carbons (Fsp3) is 0.467. The molecule has 4 nitrogen and oxygen atoms in total. The molecule has 1 amide bonds. The summed E-state index contributed by atoms with van der Waals surface area (Å²) in [6, 6.07) is 7.71. The molecule has 2 N–H and O–H groups in total. The molecule has 0 saturated heterocycles. The third kappa shape index (κ3) is 2.62. The highest BCUT2D eigenvalue weighted by Gasteiger charge is 2.16. The molecule has 2 aromatic rings. The number of hydrogen-bond donors (Lipinski definition) is 2. The molecule has 1 aromatic heterocycles. The fourth-order valence-electron chi connectivity index (χ4n) is 2.91. The molecule has 4 heteroatoms. The van der Waals surface area contributed by atoms with Gasteiger partial charge in [-0.1, -0.05) is 43.9 Å². The molecule has 1 fully saturated rings. The van der Waals surface area contributed by atoms with Crippen LogP contribution >= 0.6 is 0 Å². The van der Waals surface area contributed by atoms with Crippen molar-refractivity contribution < 1.29 is 4.79 Å². The predicted molar refractivity (Wildman–Crippen MR) is 75.0 cm³/mol. The molecule has 1 saturated carbocycles. The monoisotopic (exact) mass is 257 g/mol. The van der Waals surface area contributed by atoms with Crippen LogP contribution in [0.2, 0.25) is 0 Å². The number of aromatic amines is 1. The Morgan fingerprint density at radius 1 is 1.32 bits per heavy atom. The Labute approximate surface area is 112 Å². The van der Waals surface area contributed by atoms with Crippen LogP contribution in [-0.2, 0) is 0 Å².